The first-order valence-corrected chi connectivity index (χ1v) is 6.99. The van der Waals surface area contributed by atoms with Gasteiger partial charge in [0.05, 0.1) is 6.21 Å². The molecule has 1 atom stereocenters. The minimum absolute atomic E-state index is 0.346. The molecule has 0 saturated heterocycles. The Morgan fingerprint density at radius 2 is 2.06 bits per heavy atom. The molecule has 0 radical (unpaired) electrons. The quantitative estimate of drug-likeness (QED) is 0.599. The molecule has 0 aliphatic rings. The maximum absolute atomic E-state index is 11.7. The van der Waals surface area contributed by atoms with Crippen molar-refractivity contribution in [1.82, 2.24) is 0 Å². The van der Waals surface area contributed by atoms with Crippen molar-refractivity contribution in [2.45, 2.75) is 25.5 Å². The molecular weight excluding hydrogens is 310 g/mol. The number of halogens is 2. The number of hydrogen-bond acceptors (Lipinski definition) is 2. The zero-order valence-electron chi connectivity index (χ0n) is 9.33. The molecular formula is C11H13BrClNOS. The van der Waals surface area contributed by atoms with Gasteiger partial charge in [-0.25, -0.2) is 0 Å². The van der Waals surface area contributed by atoms with Gasteiger partial charge in [0.2, 0.25) is 0 Å². The second-order valence-corrected chi connectivity index (χ2v) is 7.49. The molecule has 0 aromatic heterocycles. The molecule has 88 valence electrons. The van der Waals surface area contributed by atoms with Crippen molar-refractivity contribution >= 4 is 45.1 Å². The highest BCUT2D eigenvalue weighted by molar-refractivity contribution is 9.10. The summed E-state index contributed by atoms with van der Waals surface area (Å²) in [5.41, 5.74) is 0.824. The van der Waals surface area contributed by atoms with E-state index in [9.17, 15) is 4.55 Å². The molecule has 2 nitrogen and oxygen atoms in total. The maximum atomic E-state index is 11.7. The minimum Gasteiger partial charge on any atom is -0.591 e. The Hall–Kier alpha value is -0.0300. The Kier molecular flexibility index (Phi) is 4.86. The largest absolute Gasteiger partial charge is 0.591 e. The van der Waals surface area contributed by atoms with E-state index in [1.54, 1.807) is 18.3 Å². The minimum atomic E-state index is -1.25. The summed E-state index contributed by atoms with van der Waals surface area (Å²) in [4.78, 5) is 0. The molecule has 1 aromatic rings. The van der Waals surface area contributed by atoms with Gasteiger partial charge in [0.1, 0.15) is 16.1 Å². The van der Waals surface area contributed by atoms with Gasteiger partial charge in [-0.15, -0.1) is 0 Å². The molecule has 0 amide bonds. The summed E-state index contributed by atoms with van der Waals surface area (Å²) in [5.74, 6) is 0. The molecule has 0 heterocycles. The molecule has 0 fully saturated rings. The van der Waals surface area contributed by atoms with Gasteiger partial charge in [0.25, 0.3) is 0 Å². The first kappa shape index (κ1) is 14.0. The Labute approximate surface area is 113 Å². The van der Waals surface area contributed by atoms with E-state index >= 15 is 0 Å². The lowest BCUT2D eigenvalue weighted by Gasteiger charge is -2.17. The summed E-state index contributed by atoms with van der Waals surface area (Å²) < 4.78 is 16.3. The first-order valence-electron chi connectivity index (χ1n) is 4.72. The highest BCUT2D eigenvalue weighted by Gasteiger charge is 2.25. The van der Waals surface area contributed by atoms with Gasteiger partial charge in [0, 0.05) is 15.1 Å². The van der Waals surface area contributed by atoms with Crippen LogP contribution in [0.15, 0.2) is 27.1 Å². The lowest BCUT2D eigenvalue weighted by molar-refractivity contribution is 0.562. The van der Waals surface area contributed by atoms with Crippen LogP contribution in [-0.4, -0.2) is 15.5 Å². The second-order valence-electron chi connectivity index (χ2n) is 4.26. The van der Waals surface area contributed by atoms with E-state index in [1.807, 2.05) is 26.8 Å². The van der Waals surface area contributed by atoms with Crippen LogP contribution in [0.3, 0.4) is 0 Å². The fourth-order valence-electron chi connectivity index (χ4n) is 0.876. The highest BCUT2D eigenvalue weighted by atomic mass is 79.9. The van der Waals surface area contributed by atoms with Crippen molar-refractivity contribution < 1.29 is 4.55 Å². The number of benzene rings is 1. The third-order valence-corrected chi connectivity index (χ3v) is 4.07. The predicted molar refractivity (Wildman–Crippen MR) is 74.6 cm³/mol. The van der Waals surface area contributed by atoms with Crippen molar-refractivity contribution in [2.24, 2.45) is 4.40 Å². The summed E-state index contributed by atoms with van der Waals surface area (Å²) in [6.07, 6.45) is 1.58. The first-order chi connectivity index (χ1) is 7.30. The fraction of sp³-hybridized carbons (Fsp3) is 0.364. The smallest absolute Gasteiger partial charge is 0.144 e. The summed E-state index contributed by atoms with van der Waals surface area (Å²) in [6.45, 7) is 5.65. The number of hydrogen-bond donors (Lipinski definition) is 0. The third-order valence-electron chi connectivity index (χ3n) is 1.77. The summed E-state index contributed by atoms with van der Waals surface area (Å²) >= 11 is 8.00. The molecule has 5 heteroatoms. The predicted octanol–water partition coefficient (Wildman–Crippen LogP) is 3.98. The van der Waals surface area contributed by atoms with E-state index < -0.39 is 11.4 Å². The van der Waals surface area contributed by atoms with Gasteiger partial charge >= 0.3 is 0 Å². The fourth-order valence-corrected chi connectivity index (χ4v) is 1.93. The van der Waals surface area contributed by atoms with Crippen molar-refractivity contribution in [2.75, 3.05) is 0 Å². The molecule has 1 aromatic carbocycles. The molecule has 0 spiro atoms. The maximum Gasteiger partial charge on any atom is 0.144 e. The average molecular weight is 323 g/mol. The molecule has 0 aliphatic heterocycles. The van der Waals surface area contributed by atoms with Crippen LogP contribution in [0, 0.1) is 0 Å². The van der Waals surface area contributed by atoms with Crippen molar-refractivity contribution in [3.63, 3.8) is 0 Å². The Bertz CT molecular complexity index is 403. The second kappa shape index (κ2) is 5.54. The van der Waals surface area contributed by atoms with Crippen molar-refractivity contribution in [3.05, 3.63) is 33.3 Å². The van der Waals surface area contributed by atoms with Crippen LogP contribution >= 0.6 is 27.5 Å². The highest BCUT2D eigenvalue weighted by Crippen LogP contribution is 2.21. The normalized spacial score (nSPS) is 14.4. The van der Waals surface area contributed by atoms with Gasteiger partial charge in [-0.3, -0.25) is 0 Å². The van der Waals surface area contributed by atoms with E-state index in [2.05, 4.69) is 20.3 Å². The van der Waals surface area contributed by atoms with Crippen LogP contribution in [0.1, 0.15) is 26.3 Å². The van der Waals surface area contributed by atoms with Crippen LogP contribution < -0.4 is 0 Å². The van der Waals surface area contributed by atoms with Gasteiger partial charge in [0.15, 0.2) is 0 Å². The topological polar surface area (TPSA) is 35.4 Å². The Morgan fingerprint density at radius 3 is 2.62 bits per heavy atom. The average Bonchev–Trinajstić information content (AvgIpc) is 2.17. The Morgan fingerprint density at radius 1 is 1.44 bits per heavy atom. The number of nitrogens with zero attached hydrogens (tertiary/aromatic N) is 1. The van der Waals surface area contributed by atoms with E-state index in [4.69, 9.17) is 11.6 Å². The van der Waals surface area contributed by atoms with E-state index in [0.29, 0.717) is 5.02 Å². The zero-order chi connectivity index (χ0) is 12.3. The van der Waals surface area contributed by atoms with Crippen LogP contribution in [0.4, 0.5) is 0 Å². The lowest BCUT2D eigenvalue weighted by Crippen LogP contribution is -2.25. The zero-order valence-corrected chi connectivity index (χ0v) is 12.5. The van der Waals surface area contributed by atoms with Crippen molar-refractivity contribution in [3.8, 4) is 0 Å². The summed E-state index contributed by atoms with van der Waals surface area (Å²) in [5, 5.41) is 0.631. The van der Waals surface area contributed by atoms with E-state index in [1.165, 1.54) is 0 Å². The molecule has 0 saturated carbocycles. The van der Waals surface area contributed by atoms with Gasteiger partial charge in [-0.1, -0.05) is 31.9 Å². The summed E-state index contributed by atoms with van der Waals surface area (Å²) in [7, 11) is 0. The third kappa shape index (κ3) is 4.09. The van der Waals surface area contributed by atoms with Crippen molar-refractivity contribution in [1.29, 1.82) is 0 Å². The molecule has 16 heavy (non-hydrogen) atoms. The molecule has 0 N–H and O–H groups in total. The Balaban J connectivity index is 2.88. The van der Waals surface area contributed by atoms with Gasteiger partial charge in [-0.05, 0) is 39.0 Å². The van der Waals surface area contributed by atoms with Gasteiger partial charge in [-0.2, -0.15) is 0 Å². The van der Waals surface area contributed by atoms with Gasteiger partial charge < -0.3 is 4.55 Å². The van der Waals surface area contributed by atoms with E-state index in [0.717, 1.165) is 10.0 Å². The van der Waals surface area contributed by atoms with Crippen LogP contribution in [0.25, 0.3) is 0 Å². The molecule has 1 rings (SSSR count). The van der Waals surface area contributed by atoms with Crippen LogP contribution in [0.2, 0.25) is 5.02 Å². The van der Waals surface area contributed by atoms with E-state index in [-0.39, 0.29) is 4.75 Å². The SMILES string of the molecule is CC(C)(C)[S@+]([O-])/N=C/c1cc(Cl)ccc1Br. The molecule has 0 bridgehead atoms. The standard InChI is InChI=1S/C11H13BrClNOS/c1-11(2,3)16(15)14-7-8-6-9(13)4-5-10(8)12/h4-7H,1-3H3/b14-7+/t16-/m0/s1. The monoisotopic (exact) mass is 321 g/mol. The summed E-state index contributed by atoms with van der Waals surface area (Å²) in [6, 6.07) is 5.39. The van der Waals surface area contributed by atoms with Crippen LogP contribution in [-0.2, 0) is 11.4 Å². The molecule has 0 aliphatic carbocycles. The van der Waals surface area contributed by atoms with Crippen LogP contribution in [0.5, 0.6) is 0 Å². The molecule has 0 unspecified atom stereocenters. The number of rotatable bonds is 2. The lowest BCUT2D eigenvalue weighted by atomic mass is 10.2.